The molecule has 1 amide bonds. The molecular weight excluding hydrogens is 314 g/mol. The molecule has 0 radical (unpaired) electrons. The lowest BCUT2D eigenvalue weighted by molar-refractivity contribution is 0.0827. The second-order valence-corrected chi connectivity index (χ2v) is 8.38. The zero-order valence-corrected chi connectivity index (χ0v) is 13.8. The first-order chi connectivity index (χ1) is 9.66. The predicted molar refractivity (Wildman–Crippen MR) is 82.6 cm³/mol. The minimum atomic E-state index is -3.10. The van der Waals surface area contributed by atoms with E-state index in [1.165, 1.54) is 23.4 Å². The summed E-state index contributed by atoms with van der Waals surface area (Å²) in [5.41, 5.74) is 0.389. The van der Waals surface area contributed by atoms with Gasteiger partial charge in [-0.1, -0.05) is 11.6 Å². The summed E-state index contributed by atoms with van der Waals surface area (Å²) < 4.78 is 22.7. The van der Waals surface area contributed by atoms with Gasteiger partial charge in [0.25, 0.3) is 5.91 Å². The highest BCUT2D eigenvalue weighted by molar-refractivity contribution is 7.92. The summed E-state index contributed by atoms with van der Waals surface area (Å²) in [6.45, 7) is 0.277. The molecule has 0 aromatic carbocycles. The molecule has 1 saturated carbocycles. The first kappa shape index (κ1) is 16.0. The molecule has 0 aliphatic heterocycles. The fourth-order valence-electron chi connectivity index (χ4n) is 2.01. The number of carbonyl (C=O) groups is 1. The molecule has 1 aliphatic carbocycles. The number of aromatic nitrogens is 1. The maximum atomic E-state index is 11.8. The monoisotopic (exact) mass is 331 g/mol. The van der Waals surface area contributed by atoms with Crippen LogP contribution in [0, 0.1) is 0 Å². The van der Waals surface area contributed by atoms with Gasteiger partial charge in [0.1, 0.15) is 5.82 Å². The minimum absolute atomic E-state index is 0.189. The van der Waals surface area contributed by atoms with E-state index in [1.807, 2.05) is 0 Å². The van der Waals surface area contributed by atoms with E-state index in [9.17, 15) is 13.2 Å². The minimum Gasteiger partial charge on any atom is -0.367 e. The number of nitrogens with one attached hydrogen (secondary N) is 1. The molecule has 0 saturated heterocycles. The maximum absolute atomic E-state index is 11.8. The molecule has 1 aromatic heterocycles. The first-order valence-electron chi connectivity index (χ1n) is 6.47. The number of hydrogen-bond acceptors (Lipinski definition) is 5. The number of pyridine rings is 1. The van der Waals surface area contributed by atoms with E-state index in [-0.39, 0.29) is 12.5 Å². The van der Waals surface area contributed by atoms with Gasteiger partial charge in [-0.3, -0.25) is 4.79 Å². The van der Waals surface area contributed by atoms with E-state index < -0.39 is 14.6 Å². The van der Waals surface area contributed by atoms with Crippen molar-refractivity contribution in [2.45, 2.75) is 17.6 Å². The van der Waals surface area contributed by atoms with E-state index in [2.05, 4.69) is 10.3 Å². The summed E-state index contributed by atoms with van der Waals surface area (Å²) in [6.07, 6.45) is 3.97. The van der Waals surface area contributed by atoms with E-state index in [4.69, 9.17) is 11.6 Å². The second kappa shape index (κ2) is 5.46. The highest BCUT2D eigenvalue weighted by atomic mass is 35.5. The summed E-state index contributed by atoms with van der Waals surface area (Å²) in [5, 5.41) is 3.27. The molecule has 0 atom stereocenters. The fraction of sp³-hybridized carbons (Fsp3) is 0.538. The van der Waals surface area contributed by atoms with Crippen molar-refractivity contribution in [3.05, 3.63) is 22.8 Å². The number of carbonyl (C=O) groups excluding carboxylic acids is 1. The molecule has 1 heterocycles. The van der Waals surface area contributed by atoms with Gasteiger partial charge in [0.2, 0.25) is 0 Å². The molecule has 21 heavy (non-hydrogen) atoms. The van der Waals surface area contributed by atoms with Gasteiger partial charge in [-0.25, -0.2) is 13.4 Å². The van der Waals surface area contributed by atoms with Gasteiger partial charge in [-0.2, -0.15) is 0 Å². The molecule has 2 rings (SSSR count). The van der Waals surface area contributed by atoms with Crippen LogP contribution in [0.15, 0.2) is 12.3 Å². The van der Waals surface area contributed by atoms with Crippen molar-refractivity contribution in [1.29, 1.82) is 0 Å². The van der Waals surface area contributed by atoms with Crippen LogP contribution in [0.1, 0.15) is 23.2 Å². The molecule has 1 fully saturated rings. The Morgan fingerprint density at radius 2 is 2.10 bits per heavy atom. The normalized spacial score (nSPS) is 16.4. The van der Waals surface area contributed by atoms with Gasteiger partial charge in [0.05, 0.1) is 15.3 Å². The second-order valence-electron chi connectivity index (χ2n) is 5.56. The number of rotatable bonds is 5. The van der Waals surface area contributed by atoms with Crippen LogP contribution < -0.4 is 5.32 Å². The Hall–Kier alpha value is -1.34. The fourth-order valence-corrected chi connectivity index (χ4v) is 3.42. The summed E-state index contributed by atoms with van der Waals surface area (Å²) >= 11 is 6.10. The summed E-state index contributed by atoms with van der Waals surface area (Å²) in [6, 6.07) is 1.53. The Kier molecular flexibility index (Phi) is 4.17. The third-order valence-corrected chi connectivity index (χ3v) is 6.08. The number of amides is 1. The molecule has 0 bridgehead atoms. The summed E-state index contributed by atoms with van der Waals surface area (Å²) in [7, 11) is 0.187. The van der Waals surface area contributed by atoms with Gasteiger partial charge < -0.3 is 10.2 Å². The van der Waals surface area contributed by atoms with Crippen LogP contribution in [0.4, 0.5) is 5.82 Å². The van der Waals surface area contributed by atoms with Crippen molar-refractivity contribution in [2.75, 3.05) is 32.2 Å². The number of nitrogens with zero attached hydrogens (tertiary/aromatic N) is 2. The van der Waals surface area contributed by atoms with Crippen LogP contribution in [0.5, 0.6) is 0 Å². The van der Waals surface area contributed by atoms with Crippen LogP contribution >= 0.6 is 11.6 Å². The van der Waals surface area contributed by atoms with Crippen molar-refractivity contribution in [3.63, 3.8) is 0 Å². The zero-order chi connectivity index (χ0) is 15.8. The first-order valence-corrected chi connectivity index (χ1v) is 8.74. The van der Waals surface area contributed by atoms with E-state index in [0.717, 1.165) is 0 Å². The molecule has 1 aromatic rings. The lowest BCUT2D eigenvalue weighted by Crippen LogP contribution is -2.30. The predicted octanol–water partition coefficient (Wildman–Crippen LogP) is 1.43. The number of sulfone groups is 1. The van der Waals surface area contributed by atoms with Crippen LogP contribution in [0.3, 0.4) is 0 Å². The quantitative estimate of drug-likeness (QED) is 0.882. The highest BCUT2D eigenvalue weighted by Crippen LogP contribution is 2.43. The van der Waals surface area contributed by atoms with Crippen molar-refractivity contribution in [2.24, 2.45) is 0 Å². The Bertz CT molecular complexity index is 669. The maximum Gasteiger partial charge on any atom is 0.254 e. The van der Waals surface area contributed by atoms with Crippen molar-refractivity contribution in [3.8, 4) is 0 Å². The zero-order valence-electron chi connectivity index (χ0n) is 12.2. The molecule has 6 nitrogen and oxygen atoms in total. The van der Waals surface area contributed by atoms with Gasteiger partial charge in [-0.15, -0.1) is 0 Å². The average Bonchev–Trinajstić information content (AvgIpc) is 3.16. The smallest absolute Gasteiger partial charge is 0.254 e. The van der Waals surface area contributed by atoms with Crippen molar-refractivity contribution >= 4 is 33.2 Å². The number of hydrogen-bond donors (Lipinski definition) is 1. The van der Waals surface area contributed by atoms with Crippen LogP contribution in [0.25, 0.3) is 0 Å². The molecule has 8 heteroatoms. The summed E-state index contributed by atoms with van der Waals surface area (Å²) in [5.74, 6) is 0.202. The largest absolute Gasteiger partial charge is 0.367 e. The van der Waals surface area contributed by atoms with Crippen molar-refractivity contribution < 1.29 is 13.2 Å². The van der Waals surface area contributed by atoms with E-state index >= 15 is 0 Å². The van der Waals surface area contributed by atoms with E-state index in [1.54, 1.807) is 14.1 Å². The molecule has 116 valence electrons. The molecular formula is C13H18ClN3O3S. The van der Waals surface area contributed by atoms with E-state index in [0.29, 0.717) is 29.2 Å². The van der Waals surface area contributed by atoms with Crippen LogP contribution in [-0.2, 0) is 9.84 Å². The third-order valence-electron chi connectivity index (χ3n) is 3.67. The van der Waals surface area contributed by atoms with Crippen LogP contribution in [0.2, 0.25) is 5.02 Å². The Balaban J connectivity index is 2.11. The topological polar surface area (TPSA) is 79.4 Å². The Labute approximate surface area is 129 Å². The third kappa shape index (κ3) is 3.29. The SMILES string of the molecule is CN(C)C(=O)c1cnc(NCC2(S(C)(=O)=O)CC2)c(Cl)c1. The van der Waals surface area contributed by atoms with Gasteiger partial charge >= 0.3 is 0 Å². The Morgan fingerprint density at radius 3 is 2.52 bits per heavy atom. The van der Waals surface area contributed by atoms with Gasteiger partial charge in [0, 0.05) is 33.1 Å². The number of halogens is 1. The lowest BCUT2D eigenvalue weighted by atomic mass is 10.2. The van der Waals surface area contributed by atoms with Crippen molar-refractivity contribution in [1.82, 2.24) is 9.88 Å². The molecule has 1 aliphatic rings. The lowest BCUT2D eigenvalue weighted by Gasteiger charge is -2.16. The molecule has 1 N–H and O–H groups in total. The highest BCUT2D eigenvalue weighted by Gasteiger charge is 2.51. The van der Waals surface area contributed by atoms with Crippen LogP contribution in [-0.4, -0.2) is 55.9 Å². The summed E-state index contributed by atoms with van der Waals surface area (Å²) in [4.78, 5) is 17.3. The van der Waals surface area contributed by atoms with Gasteiger partial charge in [-0.05, 0) is 18.9 Å². The molecule has 0 spiro atoms. The Morgan fingerprint density at radius 1 is 1.48 bits per heavy atom. The standard InChI is InChI=1S/C13H18ClN3O3S/c1-17(2)12(18)9-6-10(14)11(15-7-9)16-8-13(4-5-13)21(3,19)20/h6-7H,4-5,8H2,1-3H3,(H,15,16). The van der Waals surface area contributed by atoms with Gasteiger partial charge in [0.15, 0.2) is 9.84 Å². The average molecular weight is 332 g/mol. The number of anilines is 1. The molecule has 0 unspecified atom stereocenters.